The zero-order chi connectivity index (χ0) is 38.1. The molecule has 1 aliphatic rings. The third-order valence-corrected chi connectivity index (χ3v) is 10.3. The summed E-state index contributed by atoms with van der Waals surface area (Å²) in [5.41, 5.74) is 5.87. The molecule has 0 amide bonds. The third kappa shape index (κ3) is 9.65. The maximum Gasteiger partial charge on any atom is 0.326 e. The van der Waals surface area contributed by atoms with Gasteiger partial charge in [0.1, 0.15) is 42.1 Å². The summed E-state index contributed by atoms with van der Waals surface area (Å²) >= 11 is 6.89. The van der Waals surface area contributed by atoms with Crippen molar-refractivity contribution in [3.8, 4) is 34.4 Å². The number of hydrogen-bond acceptors (Lipinski definition) is 10. The number of rotatable bonds is 17. The van der Waals surface area contributed by atoms with Crippen LogP contribution in [-0.2, 0) is 24.6 Å². The molecule has 1 fully saturated rings. The summed E-state index contributed by atoms with van der Waals surface area (Å²) in [6.45, 7) is 10.2. The second-order valence-corrected chi connectivity index (χ2v) is 14.1. The zero-order valence-corrected chi connectivity index (χ0v) is 31.4. The Morgan fingerprint density at radius 1 is 1.02 bits per heavy atom. The van der Waals surface area contributed by atoms with Crippen molar-refractivity contribution in [2.24, 2.45) is 0 Å². The Labute approximate surface area is 315 Å². The fraction of sp³-hybridized carbons (Fsp3) is 0.390. The Morgan fingerprint density at radius 3 is 2.45 bits per heavy atom. The molecule has 2 atom stereocenters. The normalized spacial score (nSPS) is 15.5. The average molecular weight is 743 g/mol. The Bertz CT molecular complexity index is 1970. The molecule has 53 heavy (non-hydrogen) atoms. The molecule has 12 heteroatoms. The number of ether oxygens (including phenoxy) is 3. The Kier molecular flexibility index (Phi) is 13.3. The summed E-state index contributed by atoms with van der Waals surface area (Å²) in [6, 6.07) is 17.6. The summed E-state index contributed by atoms with van der Waals surface area (Å²) in [6.07, 6.45) is 4.56. The number of β-amino-alcohol motifs (C(OH)–C–C–N with tert-alkyl or cyclic N) is 1. The van der Waals surface area contributed by atoms with Gasteiger partial charge in [-0.25, -0.2) is 0 Å². The number of nitriles is 1. The fourth-order valence-electron chi connectivity index (χ4n) is 6.33. The van der Waals surface area contributed by atoms with Gasteiger partial charge in [0.05, 0.1) is 29.9 Å². The lowest BCUT2D eigenvalue weighted by molar-refractivity contribution is -0.145. The second kappa shape index (κ2) is 17.9. The van der Waals surface area contributed by atoms with E-state index >= 15 is 0 Å². The van der Waals surface area contributed by atoms with Crippen molar-refractivity contribution < 1.29 is 34.3 Å². The molecule has 1 aromatic heterocycles. The van der Waals surface area contributed by atoms with Crippen LogP contribution in [-0.4, -0.2) is 75.7 Å². The van der Waals surface area contributed by atoms with Gasteiger partial charge in [0, 0.05) is 55.8 Å². The lowest BCUT2D eigenvalue weighted by Crippen LogP contribution is -2.52. The van der Waals surface area contributed by atoms with Gasteiger partial charge in [-0.3, -0.25) is 15.1 Å². The Hall–Kier alpha value is -4.70. The van der Waals surface area contributed by atoms with Crippen LogP contribution in [0.4, 0.5) is 0 Å². The van der Waals surface area contributed by atoms with Crippen LogP contribution < -0.4 is 19.5 Å². The van der Waals surface area contributed by atoms with E-state index in [4.69, 9.17) is 25.8 Å². The molecule has 280 valence electrons. The quantitative estimate of drug-likeness (QED) is 0.0925. The molecule has 0 radical (unpaired) electrons. The van der Waals surface area contributed by atoms with Gasteiger partial charge in [-0.05, 0) is 86.1 Å². The van der Waals surface area contributed by atoms with Gasteiger partial charge in [0.2, 0.25) is 0 Å². The molecule has 2 unspecified atom stereocenters. The average Bonchev–Trinajstić information content (AvgIpc) is 3.58. The minimum atomic E-state index is -1.60. The van der Waals surface area contributed by atoms with Crippen molar-refractivity contribution in [2.75, 3.05) is 32.8 Å². The van der Waals surface area contributed by atoms with Gasteiger partial charge in [0.25, 0.3) is 0 Å². The number of hydrogen-bond donors (Lipinski definition) is 4. The van der Waals surface area contributed by atoms with E-state index in [1.807, 2.05) is 24.3 Å². The maximum absolute atomic E-state index is 11.9. The number of aliphatic hydroxyl groups excluding tert-OH is 2. The first-order chi connectivity index (χ1) is 25.4. The van der Waals surface area contributed by atoms with E-state index in [-0.39, 0.29) is 25.9 Å². The van der Waals surface area contributed by atoms with Gasteiger partial charge in [0.15, 0.2) is 0 Å². The number of carboxylic acids is 1. The van der Waals surface area contributed by atoms with Crippen molar-refractivity contribution in [1.82, 2.24) is 15.2 Å². The van der Waals surface area contributed by atoms with Crippen LogP contribution in [0.3, 0.4) is 0 Å². The molecule has 0 aliphatic carbocycles. The summed E-state index contributed by atoms with van der Waals surface area (Å²) < 4.78 is 18.8. The Morgan fingerprint density at radius 2 is 1.75 bits per heavy atom. The molecule has 1 aliphatic heterocycles. The molecule has 5 rings (SSSR count). The second-order valence-electron chi connectivity index (χ2n) is 13.7. The molecule has 0 spiro atoms. The summed E-state index contributed by atoms with van der Waals surface area (Å²) in [7, 11) is 0. The predicted molar refractivity (Wildman–Crippen MR) is 202 cm³/mol. The topological polar surface area (TPSA) is 157 Å². The zero-order valence-electron chi connectivity index (χ0n) is 30.6. The van der Waals surface area contributed by atoms with Gasteiger partial charge in [-0.15, -0.1) is 0 Å². The van der Waals surface area contributed by atoms with Crippen molar-refractivity contribution in [3.63, 3.8) is 0 Å². The highest BCUT2D eigenvalue weighted by Gasteiger charge is 2.32. The number of nitrogens with zero attached hydrogens (tertiary/aromatic N) is 3. The smallest absolute Gasteiger partial charge is 0.326 e. The highest BCUT2D eigenvalue weighted by molar-refractivity contribution is 6.33. The number of benzene rings is 3. The number of carbonyl (C=O) groups is 1. The summed E-state index contributed by atoms with van der Waals surface area (Å²) in [5.74, 6) is 0.424. The van der Waals surface area contributed by atoms with Crippen molar-refractivity contribution in [1.29, 1.82) is 5.26 Å². The number of carboxylic acid groups (broad SMARTS) is 1. The number of nitrogens with one attached hydrogen (secondary N) is 1. The highest BCUT2D eigenvalue weighted by atomic mass is 35.5. The molecule has 4 N–H and O–H groups in total. The van der Waals surface area contributed by atoms with Crippen LogP contribution in [0.5, 0.6) is 17.2 Å². The van der Waals surface area contributed by atoms with Gasteiger partial charge in [-0.1, -0.05) is 41.9 Å². The number of pyridine rings is 1. The van der Waals surface area contributed by atoms with E-state index in [0.29, 0.717) is 45.4 Å². The molecular formula is C41H47ClN4O7. The molecule has 3 aromatic carbocycles. The number of aromatic nitrogens is 1. The first kappa shape index (κ1) is 39.5. The maximum atomic E-state index is 11.9. The molecule has 0 saturated carbocycles. The minimum absolute atomic E-state index is 0.0346. The van der Waals surface area contributed by atoms with E-state index in [2.05, 4.69) is 47.3 Å². The van der Waals surface area contributed by atoms with Gasteiger partial charge < -0.3 is 34.4 Å². The van der Waals surface area contributed by atoms with Gasteiger partial charge in [-0.2, -0.15) is 5.26 Å². The lowest BCUT2D eigenvalue weighted by atomic mass is 9.93. The molecule has 0 bridgehead atoms. The van der Waals surface area contributed by atoms with Gasteiger partial charge >= 0.3 is 5.97 Å². The molecule has 4 aromatic rings. The highest BCUT2D eigenvalue weighted by Crippen LogP contribution is 2.39. The SMILES string of the molecule is Cc1c(COc2cc(OCc3cncc(C#N)c3)c(CNC(C)(CO)C(=O)O)c(C)c2Cl)cccc1-c1cccc(OCCCN2CCC(O)C2)c1C. The lowest BCUT2D eigenvalue weighted by Gasteiger charge is -2.26. The van der Waals surface area contributed by atoms with E-state index in [1.165, 1.54) is 13.1 Å². The van der Waals surface area contributed by atoms with E-state index in [0.717, 1.165) is 66.0 Å². The van der Waals surface area contributed by atoms with Crippen LogP contribution in [0, 0.1) is 32.1 Å². The predicted octanol–water partition coefficient (Wildman–Crippen LogP) is 6.12. The number of aliphatic hydroxyl groups is 2. The van der Waals surface area contributed by atoms with Crippen molar-refractivity contribution in [2.45, 2.75) is 71.9 Å². The van der Waals surface area contributed by atoms with E-state index < -0.39 is 18.1 Å². The van der Waals surface area contributed by atoms with Crippen LogP contribution in [0.15, 0.2) is 60.9 Å². The fourth-order valence-corrected chi connectivity index (χ4v) is 6.55. The molecule has 2 heterocycles. The number of halogens is 1. The summed E-state index contributed by atoms with van der Waals surface area (Å²) in [5, 5.41) is 41.9. The molecular weight excluding hydrogens is 696 g/mol. The first-order valence-corrected chi connectivity index (χ1v) is 18.0. The van der Waals surface area contributed by atoms with Crippen LogP contribution >= 0.6 is 11.6 Å². The van der Waals surface area contributed by atoms with Crippen molar-refractivity contribution >= 4 is 17.6 Å². The summed E-state index contributed by atoms with van der Waals surface area (Å²) in [4.78, 5) is 18.3. The number of aliphatic carboxylic acids is 1. The standard InChI is InChI=1S/C41H47ClN4O7/c1-26-31(8-5-9-33(26)34-10-6-11-36(27(34)2)51-15-7-13-46-14-12-32(48)22-46)24-53-38-17-37(52-23-30-16-29(18-43)19-44-20-30)35(28(3)39(38)42)21-45-41(4,25-47)40(49)50/h5-6,8-11,16-17,19-20,32,45,47-48H,7,12-15,21-25H2,1-4H3,(H,49,50). The van der Waals surface area contributed by atoms with Crippen LogP contribution in [0.1, 0.15) is 58.7 Å². The van der Waals surface area contributed by atoms with Crippen LogP contribution in [0.25, 0.3) is 11.1 Å². The monoisotopic (exact) mass is 742 g/mol. The molecule has 11 nitrogen and oxygen atoms in total. The minimum Gasteiger partial charge on any atom is -0.493 e. The van der Waals surface area contributed by atoms with E-state index in [9.17, 15) is 25.4 Å². The first-order valence-electron chi connectivity index (χ1n) is 17.7. The van der Waals surface area contributed by atoms with Crippen molar-refractivity contribution in [3.05, 3.63) is 105 Å². The van der Waals surface area contributed by atoms with E-state index in [1.54, 1.807) is 25.3 Å². The largest absolute Gasteiger partial charge is 0.493 e. The Balaban J connectivity index is 1.35. The third-order valence-electron chi connectivity index (χ3n) is 9.85. The van der Waals surface area contributed by atoms with Crippen LogP contribution in [0.2, 0.25) is 5.02 Å². The molecule has 1 saturated heterocycles. The number of likely N-dealkylation sites (tertiary alicyclic amines) is 1.